The summed E-state index contributed by atoms with van der Waals surface area (Å²) >= 11 is 0. The minimum absolute atomic E-state index is 0.0386. The van der Waals surface area contributed by atoms with Crippen LogP contribution in [-0.2, 0) is 18.8 Å². The van der Waals surface area contributed by atoms with E-state index in [0.29, 0.717) is 6.42 Å². The number of esters is 2. The fourth-order valence-corrected chi connectivity index (χ4v) is 20.9. The molecule has 5 heteroatoms. The molecule has 0 amide bonds. The van der Waals surface area contributed by atoms with E-state index < -0.39 is 8.32 Å². The van der Waals surface area contributed by atoms with E-state index in [1.54, 1.807) is 19.3 Å². The number of ether oxygens (including phenoxy) is 1. The van der Waals surface area contributed by atoms with Crippen LogP contribution in [0.4, 0.5) is 0 Å². The van der Waals surface area contributed by atoms with E-state index in [1.807, 2.05) is 0 Å². The first-order valence-electron chi connectivity index (χ1n) is 54.9. The smallest absolute Gasteiger partial charge is 0.319 e. The van der Waals surface area contributed by atoms with Gasteiger partial charge in [0.2, 0.25) is 0 Å². The predicted octanol–water partition coefficient (Wildman–Crippen LogP) is 39.9. The molecule has 0 heterocycles. The molecule has 2 saturated carbocycles. The summed E-state index contributed by atoms with van der Waals surface area (Å²) in [7, 11) is -2.20. The van der Waals surface area contributed by atoms with E-state index in [1.165, 1.54) is 527 Å². The largest absolute Gasteiger partial charge is 0.413 e. The van der Waals surface area contributed by atoms with Crippen LogP contribution in [0.5, 0.6) is 0 Å². The molecule has 4 nitrogen and oxygen atoms in total. The zero-order chi connectivity index (χ0) is 82.8. The zero-order valence-electron chi connectivity index (χ0n) is 80.9. The Morgan fingerprint density at radius 1 is 0.252 bits per heavy atom. The van der Waals surface area contributed by atoms with Crippen molar-refractivity contribution in [2.75, 3.05) is 0 Å². The summed E-state index contributed by atoms with van der Waals surface area (Å²) < 4.78 is 13.2. The van der Waals surface area contributed by atoms with Crippen LogP contribution in [0.15, 0.2) is 0 Å². The topological polar surface area (TPSA) is 52.6 Å². The second kappa shape index (κ2) is 84.2. The highest BCUT2D eigenvalue weighted by atomic mass is 28.4. The lowest BCUT2D eigenvalue weighted by Gasteiger charge is -2.41. The lowest BCUT2D eigenvalue weighted by molar-refractivity contribution is -0.165. The van der Waals surface area contributed by atoms with Crippen molar-refractivity contribution in [2.45, 2.75) is 663 Å². The van der Waals surface area contributed by atoms with Gasteiger partial charge in [0.05, 0.1) is 12.0 Å². The average molecular weight is 1630 g/mol. The highest BCUT2D eigenvalue weighted by Gasteiger charge is 2.43. The minimum atomic E-state index is -2.20. The average Bonchev–Trinajstić information content (AvgIpc) is 1.69. The molecule has 0 saturated heterocycles. The third-order valence-electron chi connectivity index (χ3n) is 29.1. The number of hydrogen-bond donors (Lipinski definition) is 0. The molecule has 115 heavy (non-hydrogen) atoms. The van der Waals surface area contributed by atoms with Crippen molar-refractivity contribution in [1.29, 1.82) is 0 Å². The van der Waals surface area contributed by atoms with Crippen LogP contribution in [-0.4, -0.2) is 26.4 Å². The highest BCUT2D eigenvalue weighted by molar-refractivity contribution is 6.74. The van der Waals surface area contributed by atoms with E-state index in [-0.39, 0.29) is 29.0 Å². The first-order chi connectivity index (χ1) is 56.4. The molecule has 0 bridgehead atoms. The molecule has 0 radical (unpaired) electrons. The maximum Gasteiger partial charge on any atom is 0.319 e. The number of hydrogen-bond acceptors (Lipinski definition) is 4. The van der Waals surface area contributed by atoms with Crippen LogP contribution < -0.4 is 0 Å². The van der Waals surface area contributed by atoms with E-state index in [9.17, 15) is 9.59 Å². The SMILES string of the molecule is CCCCCCCCCCCCCCCCCCCCCCCCCC(=O)OC(=O)C(CCCCCCCCCCCCCCCCCCCCCCCC)[C@@H](CCCCCCCCCCC[C@@H]1C[C@@H]1CCCCCCCCCCCCCC[C@@H]1C[C@@H]1CCCCCCCCCCCCCCCCCCCC)O[Si](C)(C)C(C)(C)C. The third-order valence-corrected chi connectivity index (χ3v) is 33.6. The molecule has 2 aliphatic carbocycles. The molecular formula is C110H216O4Si. The van der Waals surface area contributed by atoms with Gasteiger partial charge in [-0.15, -0.1) is 0 Å². The Balaban J connectivity index is 1.57. The Labute approximate surface area is 727 Å². The molecule has 0 aromatic carbocycles. The number of carbonyl (C=O) groups excluding carboxylic acids is 2. The second-order valence-electron chi connectivity index (χ2n) is 41.4. The van der Waals surface area contributed by atoms with Crippen molar-refractivity contribution >= 4 is 20.3 Å². The van der Waals surface area contributed by atoms with E-state index >= 15 is 0 Å². The van der Waals surface area contributed by atoms with E-state index in [0.717, 1.165) is 68.6 Å². The monoisotopic (exact) mass is 1630 g/mol. The summed E-state index contributed by atoms with van der Waals surface area (Å²) in [6, 6.07) is 0. The third kappa shape index (κ3) is 74.5. The van der Waals surface area contributed by atoms with Crippen LogP contribution in [0.1, 0.15) is 639 Å². The lowest BCUT2D eigenvalue weighted by Crippen LogP contribution is -2.47. The molecule has 0 aromatic heterocycles. The summed E-state index contributed by atoms with van der Waals surface area (Å²) in [5.74, 6) is 3.35. The molecule has 6 atom stereocenters. The summed E-state index contributed by atoms with van der Waals surface area (Å²) in [5.41, 5.74) is 0. The van der Waals surface area contributed by atoms with Crippen molar-refractivity contribution in [2.24, 2.45) is 29.6 Å². The number of unbranched alkanes of at least 4 members (excludes halogenated alkanes) is 79. The van der Waals surface area contributed by atoms with Gasteiger partial charge in [0, 0.05) is 6.42 Å². The Hall–Kier alpha value is -0.683. The second-order valence-corrected chi connectivity index (χ2v) is 46.2. The van der Waals surface area contributed by atoms with Crippen LogP contribution >= 0.6 is 0 Å². The van der Waals surface area contributed by atoms with Gasteiger partial charge >= 0.3 is 11.9 Å². The molecule has 2 rings (SSSR count). The van der Waals surface area contributed by atoms with Crippen molar-refractivity contribution in [3.8, 4) is 0 Å². The minimum Gasteiger partial charge on any atom is -0.413 e. The van der Waals surface area contributed by atoms with Crippen molar-refractivity contribution in [1.82, 2.24) is 0 Å². The fourth-order valence-electron chi connectivity index (χ4n) is 19.5. The van der Waals surface area contributed by atoms with Gasteiger partial charge in [-0.25, -0.2) is 0 Å². The summed E-state index contributed by atoms with van der Waals surface area (Å²) in [6.07, 6.45) is 129. The van der Waals surface area contributed by atoms with Crippen LogP contribution in [0.3, 0.4) is 0 Å². The van der Waals surface area contributed by atoms with Crippen molar-refractivity contribution < 1.29 is 18.8 Å². The maximum absolute atomic E-state index is 14.4. The highest BCUT2D eigenvalue weighted by Crippen LogP contribution is 2.47. The normalized spacial score (nSPS) is 16.2. The molecule has 0 aliphatic heterocycles. The fraction of sp³-hybridized carbons (Fsp3) is 0.982. The summed E-state index contributed by atoms with van der Waals surface area (Å²) in [4.78, 5) is 27.9. The van der Waals surface area contributed by atoms with Gasteiger partial charge in [0.25, 0.3) is 0 Å². The summed E-state index contributed by atoms with van der Waals surface area (Å²) in [6.45, 7) is 18.6. The van der Waals surface area contributed by atoms with Gasteiger partial charge in [0.1, 0.15) is 0 Å². The molecule has 2 fully saturated rings. The molecule has 2 aliphatic rings. The van der Waals surface area contributed by atoms with Crippen LogP contribution in [0.25, 0.3) is 0 Å². The van der Waals surface area contributed by atoms with Gasteiger partial charge < -0.3 is 9.16 Å². The molecular weight excluding hydrogens is 1410 g/mol. The standard InChI is InChI=1S/C110H216O4Si/c1-9-12-15-18-21-24-27-30-33-36-39-41-43-45-47-50-53-56-63-71-78-85-92-99-108(111)113-109(112)106(97-90-83-76-69-62-55-52-49-46-44-42-40-37-34-31-28-25-22-19-16-13-10-2)107(114-115(7,8)110(4,5)6)98-91-84-77-70-64-68-75-82-89-96-105-101-104(105)95-88-81-74-67-61-58-57-60-66-73-80-87-94-103-100-102(103)93-86-79-72-65-59-54-51-48-38-35-32-29-26-23-20-17-14-11-3/h102-107H,9-101H2,1-8H3/t102-,103+,104-,105+,106?,107+/m0/s1. The van der Waals surface area contributed by atoms with Gasteiger partial charge in [-0.05, 0) is 73.9 Å². The Morgan fingerprint density at radius 3 is 0.626 bits per heavy atom. The first-order valence-corrected chi connectivity index (χ1v) is 57.8. The Bertz CT molecular complexity index is 1960. The van der Waals surface area contributed by atoms with Crippen molar-refractivity contribution in [3.05, 3.63) is 0 Å². The molecule has 0 aromatic rings. The lowest BCUT2D eigenvalue weighted by atomic mass is 9.91. The Morgan fingerprint density at radius 2 is 0.426 bits per heavy atom. The molecule has 1 unspecified atom stereocenters. The quantitative estimate of drug-likeness (QED) is 0.0264. The van der Waals surface area contributed by atoms with Gasteiger partial charge in [-0.3, -0.25) is 9.59 Å². The molecule has 684 valence electrons. The predicted molar refractivity (Wildman–Crippen MR) is 517 cm³/mol. The van der Waals surface area contributed by atoms with E-state index in [2.05, 4.69) is 54.6 Å². The first kappa shape index (κ1) is 110. The number of carbonyl (C=O) groups is 2. The van der Waals surface area contributed by atoms with Gasteiger partial charge in [-0.1, -0.05) is 600 Å². The summed E-state index contributed by atoms with van der Waals surface area (Å²) in [5, 5.41) is 0.0386. The maximum atomic E-state index is 14.4. The van der Waals surface area contributed by atoms with Gasteiger partial charge in [-0.2, -0.15) is 0 Å². The number of rotatable bonds is 97. The van der Waals surface area contributed by atoms with Crippen LogP contribution in [0.2, 0.25) is 18.1 Å². The van der Waals surface area contributed by atoms with Gasteiger partial charge in [0.15, 0.2) is 8.32 Å². The van der Waals surface area contributed by atoms with Crippen LogP contribution in [0, 0.1) is 29.6 Å². The molecule has 0 spiro atoms. The Kier molecular flexibility index (Phi) is 80.8. The van der Waals surface area contributed by atoms with Crippen molar-refractivity contribution in [3.63, 3.8) is 0 Å². The zero-order valence-corrected chi connectivity index (χ0v) is 81.9. The van der Waals surface area contributed by atoms with E-state index in [4.69, 9.17) is 9.16 Å². The molecule has 0 N–H and O–H groups in total.